The predicted octanol–water partition coefficient (Wildman–Crippen LogP) is 1.65. The molecule has 2 aliphatic rings. The van der Waals surface area contributed by atoms with E-state index in [4.69, 9.17) is 0 Å². The second kappa shape index (κ2) is 7.85. The zero-order valence-electron chi connectivity index (χ0n) is 15.4. The van der Waals surface area contributed by atoms with Gasteiger partial charge in [-0.05, 0) is 35.8 Å². The maximum absolute atomic E-state index is 12.3. The third-order valence-corrected chi connectivity index (χ3v) is 5.35. The Morgan fingerprint density at radius 2 is 1.88 bits per heavy atom. The monoisotopic (exact) mass is 345 g/mol. The molecule has 2 heterocycles. The first kappa shape index (κ1) is 18.4. The second-order valence-electron chi connectivity index (χ2n) is 8.34. The van der Waals surface area contributed by atoms with Crippen LogP contribution in [0.5, 0.6) is 0 Å². The number of nitrogens with zero attached hydrogens (tertiary/aromatic N) is 1. The van der Waals surface area contributed by atoms with Crippen molar-refractivity contribution in [2.24, 2.45) is 5.41 Å². The number of carbonyl (C=O) groups is 1. The van der Waals surface area contributed by atoms with Crippen LogP contribution in [0.15, 0.2) is 24.3 Å². The maximum atomic E-state index is 12.3. The van der Waals surface area contributed by atoms with Gasteiger partial charge in [-0.25, -0.2) is 0 Å². The summed E-state index contributed by atoms with van der Waals surface area (Å²) in [5.41, 5.74) is 2.61. The van der Waals surface area contributed by atoms with Gasteiger partial charge in [-0.1, -0.05) is 38.1 Å². The summed E-state index contributed by atoms with van der Waals surface area (Å²) in [7, 11) is 0. The zero-order chi connectivity index (χ0) is 17.9. The van der Waals surface area contributed by atoms with Crippen LogP contribution in [-0.4, -0.2) is 47.7 Å². The summed E-state index contributed by atoms with van der Waals surface area (Å²) in [6.07, 6.45) is 2.51. The number of carbonyl (C=O) groups excluding carboxylic acids is 1. The lowest BCUT2D eigenvalue weighted by Crippen LogP contribution is -2.40. The lowest BCUT2D eigenvalue weighted by molar-refractivity contribution is -0.123. The fourth-order valence-electron chi connectivity index (χ4n) is 3.69. The molecule has 1 atom stereocenters. The lowest BCUT2D eigenvalue weighted by atomic mass is 9.90. The van der Waals surface area contributed by atoms with Gasteiger partial charge in [0.1, 0.15) is 0 Å². The van der Waals surface area contributed by atoms with Gasteiger partial charge < -0.3 is 15.7 Å². The van der Waals surface area contributed by atoms with Crippen molar-refractivity contribution in [3.63, 3.8) is 0 Å². The largest absolute Gasteiger partial charge is 0.393 e. The summed E-state index contributed by atoms with van der Waals surface area (Å²) < 4.78 is 0. The molecule has 25 heavy (non-hydrogen) atoms. The SMILES string of the molecule is CC1(C)CNC(C(=O)NCc2ccc(CN3CCC(O)CC3)cc2)C1. The Bertz CT molecular complexity index is 577. The molecule has 0 bridgehead atoms. The molecule has 0 aliphatic carbocycles. The molecule has 3 rings (SSSR count). The molecule has 5 nitrogen and oxygen atoms in total. The Morgan fingerprint density at radius 1 is 1.24 bits per heavy atom. The topological polar surface area (TPSA) is 64.6 Å². The van der Waals surface area contributed by atoms with Crippen LogP contribution >= 0.6 is 0 Å². The smallest absolute Gasteiger partial charge is 0.237 e. The number of nitrogens with one attached hydrogen (secondary N) is 2. The van der Waals surface area contributed by atoms with Crippen LogP contribution in [0, 0.1) is 5.41 Å². The molecule has 0 aromatic heterocycles. The summed E-state index contributed by atoms with van der Waals surface area (Å²) in [4.78, 5) is 14.6. The van der Waals surface area contributed by atoms with Gasteiger partial charge in [0.15, 0.2) is 0 Å². The van der Waals surface area contributed by atoms with Gasteiger partial charge in [0.05, 0.1) is 12.1 Å². The van der Waals surface area contributed by atoms with Crippen LogP contribution in [0.25, 0.3) is 0 Å². The van der Waals surface area contributed by atoms with E-state index in [1.165, 1.54) is 5.56 Å². The maximum Gasteiger partial charge on any atom is 0.237 e. The van der Waals surface area contributed by atoms with Gasteiger partial charge in [0.2, 0.25) is 5.91 Å². The minimum absolute atomic E-state index is 0.0660. The number of likely N-dealkylation sites (tertiary alicyclic amines) is 1. The van der Waals surface area contributed by atoms with Crippen LogP contribution in [0.1, 0.15) is 44.2 Å². The van der Waals surface area contributed by atoms with E-state index in [1.807, 2.05) is 0 Å². The minimum atomic E-state index is -0.123. The third-order valence-electron chi connectivity index (χ3n) is 5.35. The molecule has 1 unspecified atom stereocenters. The Labute approximate surface area is 150 Å². The Kier molecular flexibility index (Phi) is 5.77. The fraction of sp³-hybridized carbons (Fsp3) is 0.650. The van der Waals surface area contributed by atoms with Crippen LogP contribution in [-0.2, 0) is 17.9 Å². The van der Waals surface area contributed by atoms with Crippen molar-refractivity contribution < 1.29 is 9.90 Å². The van der Waals surface area contributed by atoms with E-state index >= 15 is 0 Å². The van der Waals surface area contributed by atoms with Crippen LogP contribution in [0.3, 0.4) is 0 Å². The van der Waals surface area contributed by atoms with Gasteiger partial charge in [-0.3, -0.25) is 9.69 Å². The number of benzene rings is 1. The van der Waals surface area contributed by atoms with E-state index in [-0.39, 0.29) is 23.5 Å². The third kappa shape index (κ3) is 5.27. The molecule has 0 radical (unpaired) electrons. The van der Waals surface area contributed by atoms with Gasteiger partial charge in [0.25, 0.3) is 0 Å². The molecular weight excluding hydrogens is 314 g/mol. The molecule has 2 saturated heterocycles. The van der Waals surface area contributed by atoms with Crippen molar-refractivity contribution >= 4 is 5.91 Å². The predicted molar refractivity (Wildman–Crippen MR) is 99.0 cm³/mol. The van der Waals surface area contributed by atoms with Crippen LogP contribution in [0.2, 0.25) is 0 Å². The average Bonchev–Trinajstić information content (AvgIpc) is 2.96. The van der Waals surface area contributed by atoms with Crippen LogP contribution in [0.4, 0.5) is 0 Å². The molecule has 1 aromatic carbocycles. The second-order valence-corrected chi connectivity index (χ2v) is 8.34. The number of piperidine rings is 1. The van der Waals surface area contributed by atoms with Crippen molar-refractivity contribution in [3.05, 3.63) is 35.4 Å². The normalized spacial score (nSPS) is 24.4. The lowest BCUT2D eigenvalue weighted by Gasteiger charge is -2.29. The zero-order valence-corrected chi connectivity index (χ0v) is 15.4. The molecule has 1 aromatic rings. The average molecular weight is 345 g/mol. The summed E-state index contributed by atoms with van der Waals surface area (Å²) >= 11 is 0. The molecule has 3 N–H and O–H groups in total. The Balaban J connectivity index is 1.44. The Morgan fingerprint density at radius 3 is 2.48 bits per heavy atom. The molecule has 0 saturated carbocycles. The van der Waals surface area contributed by atoms with Gasteiger partial charge in [0, 0.05) is 32.7 Å². The quantitative estimate of drug-likeness (QED) is 0.759. The number of hydrogen-bond donors (Lipinski definition) is 3. The van der Waals surface area contributed by atoms with E-state index in [0.29, 0.717) is 6.54 Å². The highest BCUT2D eigenvalue weighted by atomic mass is 16.3. The minimum Gasteiger partial charge on any atom is -0.393 e. The summed E-state index contributed by atoms with van der Waals surface area (Å²) in [5.74, 6) is 0.0986. The first-order chi connectivity index (χ1) is 11.9. The van der Waals surface area contributed by atoms with Gasteiger partial charge in [-0.15, -0.1) is 0 Å². The first-order valence-corrected chi connectivity index (χ1v) is 9.41. The molecule has 2 aliphatic heterocycles. The number of aliphatic hydroxyl groups is 1. The molecule has 2 fully saturated rings. The van der Waals surface area contributed by atoms with Crippen molar-refractivity contribution in [3.8, 4) is 0 Å². The highest BCUT2D eigenvalue weighted by Gasteiger charge is 2.34. The van der Waals surface area contributed by atoms with E-state index < -0.39 is 0 Å². The van der Waals surface area contributed by atoms with E-state index in [0.717, 1.165) is 51.0 Å². The standard InChI is InChI=1S/C20H31N3O2/c1-20(2)11-18(22-14-20)19(25)21-12-15-3-5-16(6-4-15)13-23-9-7-17(24)8-10-23/h3-6,17-18,22,24H,7-14H2,1-2H3,(H,21,25). The van der Waals surface area contributed by atoms with E-state index in [2.05, 4.69) is 53.6 Å². The van der Waals surface area contributed by atoms with Crippen molar-refractivity contribution in [2.45, 2.75) is 58.3 Å². The molecule has 138 valence electrons. The van der Waals surface area contributed by atoms with Crippen molar-refractivity contribution in [2.75, 3.05) is 19.6 Å². The van der Waals surface area contributed by atoms with Crippen LogP contribution < -0.4 is 10.6 Å². The van der Waals surface area contributed by atoms with E-state index in [1.54, 1.807) is 0 Å². The summed E-state index contributed by atoms with van der Waals surface area (Å²) in [6.45, 7) is 8.71. The molecule has 0 spiro atoms. The highest BCUT2D eigenvalue weighted by Crippen LogP contribution is 2.27. The Hall–Kier alpha value is -1.43. The van der Waals surface area contributed by atoms with Crippen molar-refractivity contribution in [1.29, 1.82) is 0 Å². The number of amides is 1. The van der Waals surface area contributed by atoms with Gasteiger partial charge in [-0.2, -0.15) is 0 Å². The first-order valence-electron chi connectivity index (χ1n) is 9.41. The fourth-order valence-corrected chi connectivity index (χ4v) is 3.69. The summed E-state index contributed by atoms with van der Waals surface area (Å²) in [5, 5.41) is 15.9. The highest BCUT2D eigenvalue weighted by molar-refractivity contribution is 5.82. The number of rotatable bonds is 5. The number of hydrogen-bond acceptors (Lipinski definition) is 4. The molecular formula is C20H31N3O2. The number of aliphatic hydroxyl groups excluding tert-OH is 1. The van der Waals surface area contributed by atoms with E-state index in [9.17, 15) is 9.90 Å². The van der Waals surface area contributed by atoms with Gasteiger partial charge >= 0.3 is 0 Å². The van der Waals surface area contributed by atoms with Crippen molar-refractivity contribution in [1.82, 2.24) is 15.5 Å². The molecule has 5 heteroatoms. The molecule has 1 amide bonds. The summed E-state index contributed by atoms with van der Waals surface area (Å²) in [6, 6.07) is 8.41.